The lowest BCUT2D eigenvalue weighted by Crippen LogP contribution is -2.01. The molecule has 0 amide bonds. The summed E-state index contributed by atoms with van der Waals surface area (Å²) in [6, 6.07) is 15.9. The number of hydrogen-bond acceptors (Lipinski definition) is 3. The Morgan fingerprint density at radius 1 is 1.00 bits per heavy atom. The average molecular weight is 286 g/mol. The highest BCUT2D eigenvalue weighted by atomic mass is 16.5. The van der Waals surface area contributed by atoms with Crippen molar-refractivity contribution in [2.45, 2.75) is 25.9 Å². The van der Waals surface area contributed by atoms with Gasteiger partial charge in [0, 0.05) is 11.6 Å². The van der Waals surface area contributed by atoms with Gasteiger partial charge in [-0.25, -0.2) is 0 Å². The Labute approximate surface area is 126 Å². The highest BCUT2D eigenvalue weighted by Crippen LogP contribution is 2.25. The van der Waals surface area contributed by atoms with E-state index in [9.17, 15) is 5.11 Å². The standard InChI is InChI=1S/C18H22O3/c1-20-17-11-10-16(14-19)18(13-17)21-12-6-5-9-15-7-3-2-4-8-15/h2-4,7-8,10-11,13,19H,5-6,9,12,14H2,1H3. The van der Waals surface area contributed by atoms with Crippen molar-refractivity contribution in [2.24, 2.45) is 0 Å². The van der Waals surface area contributed by atoms with Crippen LogP contribution < -0.4 is 9.47 Å². The Hall–Kier alpha value is -2.00. The summed E-state index contributed by atoms with van der Waals surface area (Å²) in [5.74, 6) is 1.45. The fraction of sp³-hybridized carbons (Fsp3) is 0.333. The number of rotatable bonds is 8. The second kappa shape index (κ2) is 8.32. The molecule has 0 aliphatic carbocycles. The Balaban J connectivity index is 1.78. The number of aryl methyl sites for hydroxylation is 1. The van der Waals surface area contributed by atoms with Crippen molar-refractivity contribution in [1.29, 1.82) is 0 Å². The highest BCUT2D eigenvalue weighted by Gasteiger charge is 2.05. The maximum absolute atomic E-state index is 9.31. The van der Waals surface area contributed by atoms with Crippen LogP contribution in [-0.4, -0.2) is 18.8 Å². The van der Waals surface area contributed by atoms with E-state index in [0.717, 1.165) is 30.6 Å². The van der Waals surface area contributed by atoms with Gasteiger partial charge in [0.1, 0.15) is 11.5 Å². The van der Waals surface area contributed by atoms with Crippen molar-refractivity contribution in [3.05, 3.63) is 59.7 Å². The first-order valence-electron chi connectivity index (χ1n) is 7.28. The van der Waals surface area contributed by atoms with Gasteiger partial charge >= 0.3 is 0 Å². The van der Waals surface area contributed by atoms with Crippen molar-refractivity contribution >= 4 is 0 Å². The van der Waals surface area contributed by atoms with E-state index in [0.29, 0.717) is 12.4 Å². The maximum Gasteiger partial charge on any atom is 0.128 e. The van der Waals surface area contributed by atoms with Crippen LogP contribution >= 0.6 is 0 Å². The number of benzene rings is 2. The molecule has 1 N–H and O–H groups in total. The Kier molecular flexibility index (Phi) is 6.10. The van der Waals surface area contributed by atoms with Crippen LogP contribution in [-0.2, 0) is 13.0 Å². The summed E-state index contributed by atoms with van der Waals surface area (Å²) in [5, 5.41) is 9.31. The van der Waals surface area contributed by atoms with E-state index in [4.69, 9.17) is 9.47 Å². The van der Waals surface area contributed by atoms with Crippen molar-refractivity contribution in [2.75, 3.05) is 13.7 Å². The lowest BCUT2D eigenvalue weighted by Gasteiger charge is -2.11. The molecule has 2 rings (SSSR count). The molecule has 0 saturated heterocycles. The minimum atomic E-state index is -0.0245. The number of ether oxygens (including phenoxy) is 2. The summed E-state index contributed by atoms with van der Waals surface area (Å²) >= 11 is 0. The third-order valence-electron chi connectivity index (χ3n) is 3.40. The molecule has 0 aliphatic heterocycles. The monoisotopic (exact) mass is 286 g/mol. The van der Waals surface area contributed by atoms with Crippen LogP contribution in [0.25, 0.3) is 0 Å². The molecule has 0 bridgehead atoms. The van der Waals surface area contributed by atoms with E-state index in [1.165, 1.54) is 5.56 Å². The number of hydrogen-bond donors (Lipinski definition) is 1. The summed E-state index contributed by atoms with van der Waals surface area (Å²) < 4.78 is 10.9. The fourth-order valence-corrected chi connectivity index (χ4v) is 2.18. The first-order chi connectivity index (χ1) is 10.3. The molecule has 0 atom stereocenters. The summed E-state index contributed by atoms with van der Waals surface area (Å²) in [4.78, 5) is 0. The zero-order chi connectivity index (χ0) is 14.9. The van der Waals surface area contributed by atoms with Crippen molar-refractivity contribution in [1.82, 2.24) is 0 Å². The zero-order valence-electron chi connectivity index (χ0n) is 12.4. The van der Waals surface area contributed by atoms with Gasteiger partial charge in [-0.2, -0.15) is 0 Å². The van der Waals surface area contributed by atoms with Crippen molar-refractivity contribution in [3.63, 3.8) is 0 Å². The predicted octanol–water partition coefficient (Wildman–Crippen LogP) is 3.59. The predicted molar refractivity (Wildman–Crippen MR) is 83.8 cm³/mol. The first kappa shape index (κ1) is 15.4. The normalized spacial score (nSPS) is 10.4. The van der Waals surface area contributed by atoms with Crippen LogP contribution in [0, 0.1) is 0 Å². The van der Waals surface area contributed by atoms with Crippen LogP contribution in [0.2, 0.25) is 0 Å². The van der Waals surface area contributed by atoms with Gasteiger partial charge in [0.05, 0.1) is 20.3 Å². The SMILES string of the molecule is COc1ccc(CO)c(OCCCCc2ccccc2)c1. The topological polar surface area (TPSA) is 38.7 Å². The van der Waals surface area contributed by atoms with Crippen molar-refractivity contribution in [3.8, 4) is 11.5 Å². The van der Waals surface area contributed by atoms with E-state index in [1.807, 2.05) is 24.3 Å². The maximum atomic E-state index is 9.31. The Bertz CT molecular complexity index is 537. The third-order valence-corrected chi connectivity index (χ3v) is 3.40. The molecule has 2 aromatic rings. The molecule has 3 heteroatoms. The molecular weight excluding hydrogens is 264 g/mol. The van der Waals surface area contributed by atoms with E-state index in [2.05, 4.69) is 24.3 Å². The lowest BCUT2D eigenvalue weighted by atomic mass is 10.1. The minimum absolute atomic E-state index is 0.0245. The van der Waals surface area contributed by atoms with E-state index >= 15 is 0 Å². The molecule has 21 heavy (non-hydrogen) atoms. The number of aliphatic hydroxyl groups excluding tert-OH is 1. The summed E-state index contributed by atoms with van der Waals surface area (Å²) in [7, 11) is 1.62. The number of aliphatic hydroxyl groups is 1. The molecule has 3 nitrogen and oxygen atoms in total. The Morgan fingerprint density at radius 3 is 2.52 bits per heavy atom. The van der Waals surface area contributed by atoms with Crippen LogP contribution in [0.4, 0.5) is 0 Å². The molecule has 0 radical (unpaired) electrons. The molecule has 0 aromatic heterocycles. The van der Waals surface area contributed by atoms with Gasteiger partial charge in [0.25, 0.3) is 0 Å². The molecule has 0 saturated carbocycles. The molecule has 112 valence electrons. The summed E-state index contributed by atoms with van der Waals surface area (Å²) in [5.41, 5.74) is 2.15. The van der Waals surface area contributed by atoms with Crippen LogP contribution in [0.3, 0.4) is 0 Å². The Morgan fingerprint density at radius 2 is 1.81 bits per heavy atom. The second-order valence-corrected chi connectivity index (χ2v) is 4.92. The second-order valence-electron chi connectivity index (χ2n) is 4.92. The smallest absolute Gasteiger partial charge is 0.128 e. The van der Waals surface area contributed by atoms with Crippen LogP contribution in [0.15, 0.2) is 48.5 Å². The molecule has 0 spiro atoms. The fourth-order valence-electron chi connectivity index (χ4n) is 2.18. The van der Waals surface area contributed by atoms with E-state index in [-0.39, 0.29) is 6.61 Å². The minimum Gasteiger partial charge on any atom is -0.497 e. The summed E-state index contributed by atoms with van der Waals surface area (Å²) in [6.45, 7) is 0.621. The van der Waals surface area contributed by atoms with E-state index in [1.54, 1.807) is 7.11 Å². The molecule has 0 fully saturated rings. The van der Waals surface area contributed by atoms with Gasteiger partial charge in [-0.15, -0.1) is 0 Å². The van der Waals surface area contributed by atoms with Gasteiger partial charge in [-0.3, -0.25) is 0 Å². The van der Waals surface area contributed by atoms with Gasteiger partial charge in [-0.1, -0.05) is 30.3 Å². The molecule has 0 aliphatic rings. The van der Waals surface area contributed by atoms with Gasteiger partial charge in [-0.05, 0) is 37.0 Å². The third kappa shape index (κ3) is 4.80. The molecular formula is C18H22O3. The largest absolute Gasteiger partial charge is 0.497 e. The molecule has 2 aromatic carbocycles. The number of methoxy groups -OCH3 is 1. The van der Waals surface area contributed by atoms with Crippen LogP contribution in [0.1, 0.15) is 24.0 Å². The quantitative estimate of drug-likeness (QED) is 0.754. The van der Waals surface area contributed by atoms with Crippen molar-refractivity contribution < 1.29 is 14.6 Å². The molecule has 0 unspecified atom stereocenters. The lowest BCUT2D eigenvalue weighted by molar-refractivity contribution is 0.259. The number of unbranched alkanes of at least 4 members (excludes halogenated alkanes) is 1. The van der Waals surface area contributed by atoms with Gasteiger partial charge < -0.3 is 14.6 Å². The average Bonchev–Trinajstić information content (AvgIpc) is 2.55. The summed E-state index contributed by atoms with van der Waals surface area (Å²) in [6.07, 6.45) is 3.13. The zero-order valence-corrected chi connectivity index (χ0v) is 12.4. The first-order valence-corrected chi connectivity index (χ1v) is 7.28. The highest BCUT2D eigenvalue weighted by molar-refractivity contribution is 5.40. The van der Waals surface area contributed by atoms with Crippen LogP contribution in [0.5, 0.6) is 11.5 Å². The van der Waals surface area contributed by atoms with Gasteiger partial charge in [0.2, 0.25) is 0 Å². The van der Waals surface area contributed by atoms with E-state index < -0.39 is 0 Å². The van der Waals surface area contributed by atoms with Gasteiger partial charge in [0.15, 0.2) is 0 Å². The molecule has 0 heterocycles.